The molecule has 0 amide bonds. The molecular formula is C19H15N3O4S. The lowest BCUT2D eigenvalue weighted by Crippen LogP contribution is -2.03. The van der Waals surface area contributed by atoms with Crippen LogP contribution >= 0.6 is 11.8 Å². The Bertz CT molecular complexity index is 1040. The van der Waals surface area contributed by atoms with Crippen LogP contribution in [0.2, 0.25) is 0 Å². The number of thioether (sulfide) groups is 1. The number of hydrogen-bond acceptors (Lipinski definition) is 7. The van der Waals surface area contributed by atoms with Gasteiger partial charge in [0.15, 0.2) is 10.9 Å². The first-order chi connectivity index (χ1) is 13.3. The van der Waals surface area contributed by atoms with Crippen molar-refractivity contribution in [3.63, 3.8) is 0 Å². The zero-order valence-corrected chi connectivity index (χ0v) is 15.2. The van der Waals surface area contributed by atoms with Crippen molar-refractivity contribution in [1.82, 2.24) is 14.8 Å². The van der Waals surface area contributed by atoms with Gasteiger partial charge < -0.3 is 13.6 Å². The normalized spacial score (nSPS) is 10.9. The molecule has 0 aliphatic carbocycles. The van der Waals surface area contributed by atoms with Gasteiger partial charge >= 0.3 is 5.97 Å². The van der Waals surface area contributed by atoms with Crippen molar-refractivity contribution in [3.8, 4) is 17.3 Å². The number of carbonyl (C=O) groups excluding carboxylic acids is 1. The van der Waals surface area contributed by atoms with Crippen molar-refractivity contribution >= 4 is 17.7 Å². The molecule has 0 saturated heterocycles. The van der Waals surface area contributed by atoms with Crippen molar-refractivity contribution < 1.29 is 18.4 Å². The van der Waals surface area contributed by atoms with E-state index < -0.39 is 5.97 Å². The summed E-state index contributed by atoms with van der Waals surface area (Å²) < 4.78 is 17.4. The molecule has 0 radical (unpaired) electrons. The molecule has 0 saturated carbocycles. The SMILES string of the molecule is COC(=O)c1occc1CSc1nnc(-c2ccco2)n1-c1ccccc1. The summed E-state index contributed by atoms with van der Waals surface area (Å²) in [6.07, 6.45) is 3.07. The maximum atomic E-state index is 11.8. The van der Waals surface area contributed by atoms with Crippen molar-refractivity contribution in [2.24, 2.45) is 0 Å². The number of aromatic nitrogens is 3. The first-order valence-corrected chi connectivity index (χ1v) is 9.08. The van der Waals surface area contributed by atoms with E-state index in [0.717, 1.165) is 11.3 Å². The molecule has 0 aliphatic heterocycles. The lowest BCUT2D eigenvalue weighted by Gasteiger charge is -2.09. The second-order valence-corrected chi connectivity index (χ2v) is 6.45. The molecule has 1 aromatic carbocycles. The number of hydrogen-bond donors (Lipinski definition) is 0. The molecule has 8 heteroatoms. The minimum atomic E-state index is -0.503. The molecule has 0 fully saturated rings. The first-order valence-electron chi connectivity index (χ1n) is 8.10. The van der Waals surface area contributed by atoms with Crippen LogP contribution in [0.4, 0.5) is 0 Å². The standard InChI is InChI=1S/C19H15N3O4S/c1-24-18(23)16-13(9-11-26-16)12-27-19-21-20-17(15-8-5-10-25-15)22(19)14-6-3-2-4-7-14/h2-11H,12H2,1H3. The van der Waals surface area contributed by atoms with E-state index in [-0.39, 0.29) is 5.76 Å². The average Bonchev–Trinajstić information content (AvgIpc) is 3.46. The van der Waals surface area contributed by atoms with Gasteiger partial charge in [-0.25, -0.2) is 4.79 Å². The minimum Gasteiger partial charge on any atom is -0.463 e. The summed E-state index contributed by atoms with van der Waals surface area (Å²) in [4.78, 5) is 11.8. The van der Waals surface area contributed by atoms with Crippen molar-refractivity contribution in [1.29, 1.82) is 0 Å². The van der Waals surface area contributed by atoms with Crippen LogP contribution in [-0.4, -0.2) is 27.8 Å². The van der Waals surface area contributed by atoms with Gasteiger partial charge in [-0.15, -0.1) is 10.2 Å². The van der Waals surface area contributed by atoms with Crippen LogP contribution in [0.3, 0.4) is 0 Å². The number of furan rings is 2. The molecule has 4 rings (SSSR count). The summed E-state index contributed by atoms with van der Waals surface area (Å²) in [6.45, 7) is 0. The maximum absolute atomic E-state index is 11.8. The Morgan fingerprint density at radius 3 is 2.67 bits per heavy atom. The van der Waals surface area contributed by atoms with Gasteiger partial charge in [0.2, 0.25) is 11.6 Å². The summed E-state index contributed by atoms with van der Waals surface area (Å²) in [6, 6.07) is 15.2. The molecule has 3 aromatic heterocycles. The van der Waals surface area contributed by atoms with Gasteiger partial charge in [0.05, 0.1) is 19.6 Å². The van der Waals surface area contributed by atoms with E-state index in [1.807, 2.05) is 41.0 Å². The van der Waals surface area contributed by atoms with Gasteiger partial charge in [-0.05, 0) is 30.3 Å². The highest BCUT2D eigenvalue weighted by Crippen LogP contribution is 2.30. The second kappa shape index (κ2) is 7.55. The highest BCUT2D eigenvalue weighted by Gasteiger charge is 2.20. The van der Waals surface area contributed by atoms with Crippen LogP contribution < -0.4 is 0 Å². The average molecular weight is 381 g/mol. The topological polar surface area (TPSA) is 83.3 Å². The molecule has 4 aromatic rings. The van der Waals surface area contributed by atoms with Crippen LogP contribution in [0.15, 0.2) is 75.0 Å². The van der Waals surface area contributed by atoms with Gasteiger partial charge in [0.1, 0.15) is 0 Å². The van der Waals surface area contributed by atoms with E-state index in [0.29, 0.717) is 22.5 Å². The highest BCUT2D eigenvalue weighted by molar-refractivity contribution is 7.98. The van der Waals surface area contributed by atoms with Crippen LogP contribution in [0.1, 0.15) is 16.1 Å². The Labute approximate surface area is 159 Å². The molecular weight excluding hydrogens is 366 g/mol. The molecule has 0 bridgehead atoms. The third kappa shape index (κ3) is 3.39. The summed E-state index contributed by atoms with van der Waals surface area (Å²) in [5.41, 5.74) is 1.64. The zero-order valence-electron chi connectivity index (χ0n) is 14.4. The third-order valence-electron chi connectivity index (χ3n) is 3.86. The number of nitrogens with zero attached hydrogens (tertiary/aromatic N) is 3. The van der Waals surface area contributed by atoms with Gasteiger partial charge in [-0.2, -0.15) is 0 Å². The van der Waals surface area contributed by atoms with Crippen molar-refractivity contribution in [2.75, 3.05) is 7.11 Å². The number of esters is 1. The Kier molecular flexibility index (Phi) is 4.80. The third-order valence-corrected chi connectivity index (χ3v) is 4.84. The van der Waals surface area contributed by atoms with E-state index in [4.69, 9.17) is 13.6 Å². The molecule has 136 valence electrons. The maximum Gasteiger partial charge on any atom is 0.374 e. The van der Waals surface area contributed by atoms with Crippen LogP contribution in [0.25, 0.3) is 17.3 Å². The Balaban J connectivity index is 1.68. The predicted molar refractivity (Wildman–Crippen MR) is 98.7 cm³/mol. The predicted octanol–water partition coefficient (Wildman–Crippen LogP) is 4.20. The van der Waals surface area contributed by atoms with E-state index in [9.17, 15) is 4.79 Å². The fraction of sp³-hybridized carbons (Fsp3) is 0.105. The van der Waals surface area contributed by atoms with Crippen molar-refractivity contribution in [3.05, 3.63) is 72.4 Å². The molecule has 0 aliphatic rings. The van der Waals surface area contributed by atoms with Gasteiger partial charge in [0.25, 0.3) is 0 Å². The van der Waals surface area contributed by atoms with E-state index in [1.165, 1.54) is 25.1 Å². The van der Waals surface area contributed by atoms with Gasteiger partial charge in [-0.1, -0.05) is 30.0 Å². The summed E-state index contributed by atoms with van der Waals surface area (Å²) >= 11 is 1.44. The number of ether oxygens (including phenoxy) is 1. The summed E-state index contributed by atoms with van der Waals surface area (Å²) in [5, 5.41) is 9.27. The Morgan fingerprint density at radius 2 is 1.93 bits per heavy atom. The fourth-order valence-electron chi connectivity index (χ4n) is 2.60. The number of methoxy groups -OCH3 is 1. The highest BCUT2D eigenvalue weighted by atomic mass is 32.2. The molecule has 0 unspecified atom stereocenters. The summed E-state index contributed by atoms with van der Waals surface area (Å²) in [5.74, 6) is 1.40. The van der Waals surface area contributed by atoms with Crippen LogP contribution in [0, 0.1) is 0 Å². The van der Waals surface area contributed by atoms with E-state index in [2.05, 4.69) is 10.2 Å². The monoisotopic (exact) mass is 381 g/mol. The van der Waals surface area contributed by atoms with Gasteiger partial charge in [0, 0.05) is 17.0 Å². The summed E-state index contributed by atoms with van der Waals surface area (Å²) in [7, 11) is 1.32. The van der Waals surface area contributed by atoms with Gasteiger partial charge in [-0.3, -0.25) is 4.57 Å². The van der Waals surface area contributed by atoms with Crippen molar-refractivity contribution in [2.45, 2.75) is 10.9 Å². The number of benzene rings is 1. The Morgan fingerprint density at radius 1 is 1.07 bits per heavy atom. The molecule has 7 nitrogen and oxygen atoms in total. The smallest absolute Gasteiger partial charge is 0.374 e. The molecule has 0 N–H and O–H groups in total. The first kappa shape index (κ1) is 17.2. The minimum absolute atomic E-state index is 0.196. The van der Waals surface area contributed by atoms with Crippen LogP contribution in [0.5, 0.6) is 0 Å². The lowest BCUT2D eigenvalue weighted by molar-refractivity contribution is 0.0564. The number of carbonyl (C=O) groups is 1. The lowest BCUT2D eigenvalue weighted by atomic mass is 10.3. The largest absolute Gasteiger partial charge is 0.463 e. The Hall–Kier alpha value is -3.26. The van der Waals surface area contributed by atoms with Crippen LogP contribution in [-0.2, 0) is 10.5 Å². The van der Waals surface area contributed by atoms with E-state index >= 15 is 0 Å². The zero-order chi connectivity index (χ0) is 18.6. The fourth-order valence-corrected chi connectivity index (χ4v) is 3.53. The van der Waals surface area contributed by atoms with E-state index in [1.54, 1.807) is 18.4 Å². The molecule has 0 atom stereocenters. The quantitative estimate of drug-likeness (QED) is 0.366. The molecule has 27 heavy (non-hydrogen) atoms. The molecule has 0 spiro atoms. The number of rotatable bonds is 6. The molecule has 3 heterocycles. The number of para-hydroxylation sites is 1. The second-order valence-electron chi connectivity index (χ2n) is 5.51.